The minimum absolute atomic E-state index is 0.116. The van der Waals surface area contributed by atoms with E-state index >= 15 is 0 Å². The molecule has 3 nitrogen and oxygen atoms in total. The minimum Gasteiger partial charge on any atom is -0.468 e. The zero-order valence-electron chi connectivity index (χ0n) is 9.24. The number of aliphatic hydroxyl groups is 1. The Bertz CT molecular complexity index is 555. The highest BCUT2D eigenvalue weighted by atomic mass is 19.4. The van der Waals surface area contributed by atoms with Gasteiger partial charge in [-0.2, -0.15) is 13.2 Å². The summed E-state index contributed by atoms with van der Waals surface area (Å²) in [6, 6.07) is 8.38. The second-order valence-electron chi connectivity index (χ2n) is 3.70. The maximum atomic E-state index is 12.1. The van der Waals surface area contributed by atoms with Crippen LogP contribution in [0, 0.1) is 0 Å². The van der Waals surface area contributed by atoms with Crippen molar-refractivity contribution in [3.63, 3.8) is 0 Å². The van der Waals surface area contributed by atoms with Crippen molar-refractivity contribution in [3.8, 4) is 5.88 Å². The standard InChI is InChI=1S/C12H10F3NO2/c13-12(14,15)7-18-11-10-4-2-1-3-8(10)5-9(6-17)16-11/h1-5,17H,6-7H2. The van der Waals surface area contributed by atoms with Gasteiger partial charge in [0.15, 0.2) is 6.61 Å². The van der Waals surface area contributed by atoms with Gasteiger partial charge >= 0.3 is 6.18 Å². The van der Waals surface area contributed by atoms with Crippen LogP contribution >= 0.6 is 0 Å². The number of fused-ring (bicyclic) bond motifs is 1. The molecule has 0 fully saturated rings. The van der Waals surface area contributed by atoms with Crippen LogP contribution in [0.3, 0.4) is 0 Å². The summed E-state index contributed by atoms with van der Waals surface area (Å²) in [6.45, 7) is -1.76. The van der Waals surface area contributed by atoms with Crippen molar-refractivity contribution < 1.29 is 23.0 Å². The molecule has 0 amide bonds. The predicted octanol–water partition coefficient (Wildman–Crippen LogP) is 2.67. The highest BCUT2D eigenvalue weighted by molar-refractivity contribution is 5.87. The lowest BCUT2D eigenvalue weighted by molar-refractivity contribution is -0.153. The number of pyridine rings is 1. The Hall–Kier alpha value is -1.82. The number of benzene rings is 1. The third-order valence-corrected chi connectivity index (χ3v) is 2.29. The van der Waals surface area contributed by atoms with E-state index in [0.717, 1.165) is 0 Å². The summed E-state index contributed by atoms with van der Waals surface area (Å²) in [5, 5.41) is 10.2. The average molecular weight is 257 g/mol. The molecule has 0 saturated carbocycles. The quantitative estimate of drug-likeness (QED) is 0.919. The zero-order valence-corrected chi connectivity index (χ0v) is 9.24. The van der Waals surface area contributed by atoms with Crippen LogP contribution in [0.1, 0.15) is 5.69 Å². The van der Waals surface area contributed by atoms with Gasteiger partial charge in [-0.05, 0) is 17.5 Å². The first kappa shape index (κ1) is 12.6. The highest BCUT2D eigenvalue weighted by Gasteiger charge is 2.29. The number of nitrogens with zero attached hydrogens (tertiary/aromatic N) is 1. The van der Waals surface area contributed by atoms with E-state index in [1.165, 1.54) is 0 Å². The molecular formula is C12H10F3NO2. The van der Waals surface area contributed by atoms with Crippen molar-refractivity contribution in [2.45, 2.75) is 12.8 Å². The molecule has 0 aliphatic carbocycles. The Morgan fingerprint density at radius 2 is 1.94 bits per heavy atom. The van der Waals surface area contributed by atoms with Crippen molar-refractivity contribution in [2.75, 3.05) is 6.61 Å². The summed E-state index contributed by atoms with van der Waals surface area (Å²) in [5.41, 5.74) is 0.269. The molecule has 0 atom stereocenters. The summed E-state index contributed by atoms with van der Waals surface area (Å²) >= 11 is 0. The van der Waals surface area contributed by atoms with Gasteiger partial charge in [-0.3, -0.25) is 0 Å². The van der Waals surface area contributed by atoms with Crippen LogP contribution in [0.5, 0.6) is 5.88 Å². The molecule has 0 bridgehead atoms. The van der Waals surface area contributed by atoms with Gasteiger partial charge in [0.25, 0.3) is 0 Å². The largest absolute Gasteiger partial charge is 0.468 e. The Morgan fingerprint density at radius 1 is 1.22 bits per heavy atom. The molecule has 1 aromatic carbocycles. The van der Waals surface area contributed by atoms with Crippen LogP contribution in [0.2, 0.25) is 0 Å². The van der Waals surface area contributed by atoms with E-state index in [1.807, 2.05) is 0 Å². The molecular weight excluding hydrogens is 247 g/mol. The predicted molar refractivity (Wildman–Crippen MR) is 59.2 cm³/mol. The molecule has 0 aliphatic rings. The molecule has 2 aromatic rings. The fourth-order valence-electron chi connectivity index (χ4n) is 1.56. The molecule has 0 spiro atoms. The van der Waals surface area contributed by atoms with E-state index in [1.54, 1.807) is 30.3 Å². The molecule has 0 aliphatic heterocycles. The number of rotatable bonds is 3. The second kappa shape index (κ2) is 4.81. The molecule has 0 radical (unpaired) electrons. The van der Waals surface area contributed by atoms with Gasteiger partial charge in [0, 0.05) is 5.39 Å². The lowest BCUT2D eigenvalue weighted by Crippen LogP contribution is -2.20. The van der Waals surface area contributed by atoms with Crippen molar-refractivity contribution >= 4 is 10.8 Å². The van der Waals surface area contributed by atoms with Crippen LogP contribution in [0.15, 0.2) is 30.3 Å². The summed E-state index contributed by atoms with van der Waals surface area (Å²) < 4.78 is 41.0. The van der Waals surface area contributed by atoms with Gasteiger partial charge in [0.1, 0.15) is 0 Å². The van der Waals surface area contributed by atoms with Gasteiger partial charge in [-0.1, -0.05) is 18.2 Å². The number of alkyl halides is 3. The summed E-state index contributed by atoms with van der Waals surface area (Å²) in [7, 11) is 0. The SMILES string of the molecule is OCc1cc2ccccc2c(OCC(F)(F)F)n1. The number of aromatic nitrogens is 1. The fraction of sp³-hybridized carbons (Fsp3) is 0.250. The minimum atomic E-state index is -4.42. The molecule has 0 saturated heterocycles. The first-order chi connectivity index (χ1) is 8.49. The second-order valence-corrected chi connectivity index (χ2v) is 3.70. The maximum absolute atomic E-state index is 12.1. The molecule has 6 heteroatoms. The molecule has 96 valence electrons. The van der Waals surface area contributed by atoms with Gasteiger partial charge < -0.3 is 9.84 Å². The zero-order chi connectivity index (χ0) is 13.2. The summed E-state index contributed by atoms with van der Waals surface area (Å²) in [5.74, 6) is -0.116. The topological polar surface area (TPSA) is 42.4 Å². The molecule has 1 N–H and O–H groups in total. The van der Waals surface area contributed by atoms with Crippen LogP contribution in [-0.2, 0) is 6.61 Å². The molecule has 1 heterocycles. The Balaban J connectivity index is 2.41. The third kappa shape index (κ3) is 2.89. The molecule has 0 unspecified atom stereocenters. The third-order valence-electron chi connectivity index (χ3n) is 2.29. The van der Waals surface area contributed by atoms with Crippen molar-refractivity contribution in [1.29, 1.82) is 0 Å². The van der Waals surface area contributed by atoms with E-state index in [0.29, 0.717) is 10.8 Å². The molecule has 2 rings (SSSR count). The maximum Gasteiger partial charge on any atom is 0.422 e. The molecule has 1 aromatic heterocycles. The molecule has 18 heavy (non-hydrogen) atoms. The lowest BCUT2D eigenvalue weighted by Gasteiger charge is -2.11. The smallest absolute Gasteiger partial charge is 0.422 e. The van der Waals surface area contributed by atoms with E-state index in [9.17, 15) is 13.2 Å². The monoisotopic (exact) mass is 257 g/mol. The van der Waals surface area contributed by atoms with Crippen LogP contribution < -0.4 is 4.74 Å². The van der Waals surface area contributed by atoms with Crippen LogP contribution in [-0.4, -0.2) is 22.9 Å². The van der Waals surface area contributed by atoms with Crippen LogP contribution in [0.4, 0.5) is 13.2 Å². The average Bonchev–Trinajstić information content (AvgIpc) is 2.34. The normalized spacial score (nSPS) is 11.8. The number of hydrogen-bond acceptors (Lipinski definition) is 3. The van der Waals surface area contributed by atoms with Crippen molar-refractivity contribution in [1.82, 2.24) is 4.98 Å². The summed E-state index contributed by atoms with van der Waals surface area (Å²) in [4.78, 5) is 3.85. The summed E-state index contributed by atoms with van der Waals surface area (Å²) in [6.07, 6.45) is -4.42. The van der Waals surface area contributed by atoms with Crippen molar-refractivity contribution in [2.24, 2.45) is 0 Å². The van der Waals surface area contributed by atoms with Crippen molar-refractivity contribution in [3.05, 3.63) is 36.0 Å². The number of aliphatic hydroxyl groups excluding tert-OH is 1. The van der Waals surface area contributed by atoms with E-state index in [4.69, 9.17) is 5.11 Å². The van der Waals surface area contributed by atoms with Crippen LogP contribution in [0.25, 0.3) is 10.8 Å². The number of halogens is 3. The van der Waals surface area contributed by atoms with E-state index in [-0.39, 0.29) is 18.2 Å². The Morgan fingerprint density at radius 3 is 2.61 bits per heavy atom. The Labute approximate surface area is 101 Å². The highest BCUT2D eigenvalue weighted by Crippen LogP contribution is 2.26. The van der Waals surface area contributed by atoms with Gasteiger partial charge in [-0.25, -0.2) is 4.98 Å². The van der Waals surface area contributed by atoms with Gasteiger partial charge in [-0.15, -0.1) is 0 Å². The first-order valence-corrected chi connectivity index (χ1v) is 5.18. The van der Waals surface area contributed by atoms with E-state index in [2.05, 4.69) is 9.72 Å². The number of ether oxygens (including phenoxy) is 1. The Kier molecular flexibility index (Phi) is 3.38. The first-order valence-electron chi connectivity index (χ1n) is 5.18. The van der Waals surface area contributed by atoms with Gasteiger partial charge in [0.2, 0.25) is 5.88 Å². The lowest BCUT2D eigenvalue weighted by atomic mass is 10.1. The number of hydrogen-bond donors (Lipinski definition) is 1. The van der Waals surface area contributed by atoms with Gasteiger partial charge in [0.05, 0.1) is 12.3 Å². The van der Waals surface area contributed by atoms with E-state index < -0.39 is 12.8 Å². The fourth-order valence-corrected chi connectivity index (χ4v) is 1.56.